The first kappa shape index (κ1) is 32.2. The van der Waals surface area contributed by atoms with E-state index in [1.54, 1.807) is 20.8 Å². The van der Waals surface area contributed by atoms with Gasteiger partial charge >= 0.3 is 11.9 Å². The van der Waals surface area contributed by atoms with Crippen molar-refractivity contribution in [1.29, 1.82) is 0 Å². The van der Waals surface area contributed by atoms with Crippen molar-refractivity contribution in [1.82, 2.24) is 4.90 Å². The number of nitrogens with zero attached hydrogens (tertiary/aromatic N) is 2. The molecule has 1 aliphatic heterocycles. The number of carbonyl (C=O) groups excluding carboxylic acids is 3. The van der Waals surface area contributed by atoms with E-state index in [1.165, 1.54) is 11.3 Å². The minimum atomic E-state index is -1.04. The van der Waals surface area contributed by atoms with E-state index in [1.807, 2.05) is 55.1 Å². The average molecular weight is 597 g/mol. The molecule has 0 radical (unpaired) electrons. The number of rotatable bonds is 8. The molecule has 1 amide bonds. The van der Waals surface area contributed by atoms with Crippen molar-refractivity contribution in [3.8, 4) is 10.4 Å². The Morgan fingerprint density at radius 1 is 0.952 bits per heavy atom. The number of esters is 2. The van der Waals surface area contributed by atoms with Gasteiger partial charge in [0.2, 0.25) is 12.2 Å². The minimum absolute atomic E-state index is 0.00237. The van der Waals surface area contributed by atoms with E-state index in [9.17, 15) is 14.4 Å². The van der Waals surface area contributed by atoms with Crippen LogP contribution in [0, 0.1) is 23.2 Å². The van der Waals surface area contributed by atoms with Crippen molar-refractivity contribution < 1.29 is 23.9 Å². The van der Waals surface area contributed by atoms with Gasteiger partial charge in [-0.1, -0.05) is 51.1 Å². The summed E-state index contributed by atoms with van der Waals surface area (Å²) in [6.45, 7) is 13.1. The maximum atomic E-state index is 14.4. The molecule has 1 aromatic carbocycles. The molecule has 8 heteroatoms. The lowest BCUT2D eigenvalue weighted by molar-refractivity contribution is -0.184. The second-order valence-electron chi connectivity index (χ2n) is 13.6. The zero-order valence-electron chi connectivity index (χ0n) is 26.4. The maximum absolute atomic E-state index is 14.4. The van der Waals surface area contributed by atoms with E-state index < -0.39 is 23.6 Å². The van der Waals surface area contributed by atoms with Crippen LogP contribution in [0.5, 0.6) is 0 Å². The topological polar surface area (TPSA) is 76.1 Å². The number of ether oxygens (including phenoxy) is 2. The molecule has 2 fully saturated rings. The lowest BCUT2D eigenvalue weighted by Crippen LogP contribution is -2.49. The zero-order valence-corrected chi connectivity index (χ0v) is 27.2. The third kappa shape index (κ3) is 7.81. The maximum Gasteiger partial charge on any atom is 0.353 e. The fraction of sp³-hybridized carbons (Fsp3) is 0.618. The molecule has 1 aromatic heterocycles. The number of hydrogen-bond acceptors (Lipinski definition) is 7. The van der Waals surface area contributed by atoms with Crippen LogP contribution in [0.2, 0.25) is 0 Å². The first-order chi connectivity index (χ1) is 19.8. The summed E-state index contributed by atoms with van der Waals surface area (Å²) in [4.78, 5) is 46.6. The van der Waals surface area contributed by atoms with E-state index in [4.69, 9.17) is 9.47 Å². The molecule has 1 saturated heterocycles. The monoisotopic (exact) mass is 596 g/mol. The third-order valence-corrected chi connectivity index (χ3v) is 9.63. The third-order valence-electron chi connectivity index (χ3n) is 8.47. The summed E-state index contributed by atoms with van der Waals surface area (Å²) in [5.74, 6) is -0.553. The second kappa shape index (κ2) is 13.7. The Morgan fingerprint density at radius 3 is 2.14 bits per heavy atom. The average Bonchev–Trinajstić information content (AvgIpc) is 3.39. The molecular formula is C34H48N2O5S. The summed E-state index contributed by atoms with van der Waals surface area (Å²) in [6, 6.07) is 11.9. The number of anilines is 1. The lowest BCUT2D eigenvalue weighted by atomic mass is 9.82. The molecule has 230 valence electrons. The molecule has 7 nitrogen and oxygen atoms in total. The fourth-order valence-electron chi connectivity index (χ4n) is 5.64. The van der Waals surface area contributed by atoms with Crippen LogP contribution in [0.3, 0.4) is 0 Å². The van der Waals surface area contributed by atoms with Crippen LogP contribution in [-0.2, 0) is 19.1 Å². The molecule has 42 heavy (non-hydrogen) atoms. The molecule has 0 bridgehead atoms. The van der Waals surface area contributed by atoms with Crippen molar-refractivity contribution in [2.24, 2.45) is 23.2 Å². The Bertz CT molecular complexity index is 1220. The fourth-order valence-corrected chi connectivity index (χ4v) is 6.68. The Morgan fingerprint density at radius 2 is 1.57 bits per heavy atom. The largest absolute Gasteiger partial charge is 0.424 e. The van der Waals surface area contributed by atoms with Gasteiger partial charge in [-0.05, 0) is 97.0 Å². The highest BCUT2D eigenvalue weighted by molar-refractivity contribution is 7.18. The predicted molar refractivity (Wildman–Crippen MR) is 168 cm³/mol. The Balaban J connectivity index is 1.74. The van der Waals surface area contributed by atoms with Crippen LogP contribution >= 0.6 is 11.3 Å². The lowest BCUT2D eigenvalue weighted by Gasteiger charge is -2.40. The van der Waals surface area contributed by atoms with Crippen molar-refractivity contribution in [2.45, 2.75) is 92.4 Å². The molecule has 2 heterocycles. The molecule has 2 aromatic rings. The SMILES string of the molecule is CC1CCC(C(=O)N(c2cc(-c3ccccc3)sc2C(=O)OC(OC(=O)C(C)(C)C)C(C)C)C2CCN(C)CC2)CC1. The molecule has 0 N–H and O–H groups in total. The molecule has 1 aliphatic carbocycles. The van der Waals surface area contributed by atoms with Crippen molar-refractivity contribution >= 4 is 34.9 Å². The van der Waals surface area contributed by atoms with Gasteiger partial charge in [0.1, 0.15) is 4.88 Å². The Kier molecular flexibility index (Phi) is 10.5. The van der Waals surface area contributed by atoms with Crippen molar-refractivity contribution in [3.05, 3.63) is 41.3 Å². The summed E-state index contributed by atoms with van der Waals surface area (Å²) >= 11 is 1.34. The van der Waals surface area contributed by atoms with Gasteiger partial charge in [0.25, 0.3) is 0 Å². The first-order valence-electron chi connectivity index (χ1n) is 15.5. The van der Waals surface area contributed by atoms with E-state index >= 15 is 0 Å². The standard InChI is InChI=1S/C34H48N2O5S/c1-22(2)32(41-33(39)34(4,5)6)40-31(38)29-27(21-28(42-29)24-11-9-8-10-12-24)36(26-17-19-35(7)20-18-26)30(37)25-15-13-23(3)14-16-25/h8-12,21-23,25-26,32H,13-20H2,1-7H3. The van der Waals surface area contributed by atoms with Crippen LogP contribution in [0.1, 0.15) is 89.7 Å². The second-order valence-corrected chi connectivity index (χ2v) is 14.6. The number of carbonyl (C=O) groups is 3. The minimum Gasteiger partial charge on any atom is -0.424 e. The molecule has 2 aliphatic rings. The Hall–Kier alpha value is -2.71. The number of benzene rings is 1. The highest BCUT2D eigenvalue weighted by Gasteiger charge is 2.38. The number of hydrogen-bond donors (Lipinski definition) is 0. The van der Waals surface area contributed by atoms with Gasteiger partial charge in [-0.15, -0.1) is 11.3 Å². The Labute approximate surface area is 255 Å². The van der Waals surface area contributed by atoms with Gasteiger partial charge in [0.15, 0.2) is 0 Å². The van der Waals surface area contributed by atoms with Crippen LogP contribution in [0.15, 0.2) is 36.4 Å². The highest BCUT2D eigenvalue weighted by atomic mass is 32.1. The molecule has 1 saturated carbocycles. The number of amides is 1. The van der Waals surface area contributed by atoms with E-state index in [0.717, 1.165) is 62.1 Å². The summed E-state index contributed by atoms with van der Waals surface area (Å²) in [5.41, 5.74) is 0.861. The van der Waals surface area contributed by atoms with Crippen LogP contribution in [0.4, 0.5) is 5.69 Å². The van der Waals surface area contributed by atoms with Gasteiger partial charge in [-0.2, -0.15) is 0 Å². The summed E-state index contributed by atoms with van der Waals surface area (Å²) in [6.07, 6.45) is 4.48. The number of piperidine rings is 1. The van der Waals surface area contributed by atoms with E-state index in [2.05, 4.69) is 18.9 Å². The molecular weight excluding hydrogens is 548 g/mol. The molecule has 4 rings (SSSR count). The number of likely N-dealkylation sites (tertiary alicyclic amines) is 1. The predicted octanol–water partition coefficient (Wildman–Crippen LogP) is 7.40. The van der Waals surface area contributed by atoms with Crippen LogP contribution in [-0.4, -0.2) is 55.2 Å². The van der Waals surface area contributed by atoms with Gasteiger partial charge in [-0.25, -0.2) is 4.79 Å². The summed E-state index contributed by atoms with van der Waals surface area (Å²) in [7, 11) is 2.11. The van der Waals surface area contributed by atoms with Gasteiger partial charge in [-0.3, -0.25) is 9.59 Å². The van der Waals surface area contributed by atoms with Gasteiger partial charge in [0, 0.05) is 22.8 Å². The van der Waals surface area contributed by atoms with E-state index in [-0.39, 0.29) is 23.8 Å². The zero-order chi connectivity index (χ0) is 30.6. The highest BCUT2D eigenvalue weighted by Crippen LogP contribution is 2.41. The number of thiophene rings is 1. The smallest absolute Gasteiger partial charge is 0.353 e. The van der Waals surface area contributed by atoms with Gasteiger partial charge in [0.05, 0.1) is 11.1 Å². The summed E-state index contributed by atoms with van der Waals surface area (Å²) < 4.78 is 11.6. The van der Waals surface area contributed by atoms with Gasteiger partial charge < -0.3 is 19.3 Å². The molecule has 1 unspecified atom stereocenters. The first-order valence-corrected chi connectivity index (χ1v) is 16.3. The quantitative estimate of drug-likeness (QED) is 0.234. The normalized spacial score (nSPS) is 21.1. The molecule has 1 atom stereocenters. The van der Waals surface area contributed by atoms with E-state index in [0.29, 0.717) is 16.5 Å². The molecule has 0 spiro atoms. The van der Waals surface area contributed by atoms with Crippen LogP contribution < -0.4 is 4.90 Å². The van der Waals surface area contributed by atoms with Crippen molar-refractivity contribution in [3.63, 3.8) is 0 Å². The van der Waals surface area contributed by atoms with Crippen molar-refractivity contribution in [2.75, 3.05) is 25.0 Å². The van der Waals surface area contributed by atoms with Crippen LogP contribution in [0.25, 0.3) is 10.4 Å². The summed E-state index contributed by atoms with van der Waals surface area (Å²) in [5, 5.41) is 0.